The molecule has 2 aromatic rings. The molecule has 0 spiro atoms. The summed E-state index contributed by atoms with van der Waals surface area (Å²) < 4.78 is 15.1. The molecule has 0 aromatic heterocycles. The molecule has 0 aliphatic carbocycles. The number of ether oxygens (including phenoxy) is 1. The highest BCUT2D eigenvalue weighted by atomic mass is 32.3. The van der Waals surface area contributed by atoms with Crippen molar-refractivity contribution in [1.29, 1.82) is 0 Å². The van der Waals surface area contributed by atoms with Gasteiger partial charge in [0.1, 0.15) is 5.75 Å². The van der Waals surface area contributed by atoms with Gasteiger partial charge in [0.05, 0.1) is 7.11 Å². The second-order valence-electron chi connectivity index (χ2n) is 6.67. The fourth-order valence-corrected chi connectivity index (χ4v) is 3.51. The van der Waals surface area contributed by atoms with Crippen molar-refractivity contribution in [3.05, 3.63) is 66.2 Å². The van der Waals surface area contributed by atoms with Gasteiger partial charge in [-0.3, -0.25) is 0 Å². The average Bonchev–Trinajstić information content (AvgIpc) is 2.58. The van der Waals surface area contributed by atoms with Gasteiger partial charge in [-0.25, -0.2) is 0 Å². The van der Waals surface area contributed by atoms with Gasteiger partial charge in [0.25, 0.3) is 0 Å². The average molecular weight is 362 g/mol. The zero-order chi connectivity index (χ0) is 18.3. The third kappa shape index (κ3) is 6.85. The molecule has 0 unspecified atom stereocenters. The Morgan fingerprint density at radius 3 is 2.52 bits per heavy atom. The van der Waals surface area contributed by atoms with Crippen molar-refractivity contribution in [3.8, 4) is 5.75 Å². The molecule has 0 atom stereocenters. The summed E-state index contributed by atoms with van der Waals surface area (Å²) in [5.41, 5.74) is 4.23. The fraction of sp³-hybridized carbons (Fsp3) is 0.333. The van der Waals surface area contributed by atoms with Crippen molar-refractivity contribution in [2.45, 2.75) is 19.3 Å². The minimum Gasteiger partial charge on any atom is -0.497 e. The number of rotatable bonds is 9. The fourth-order valence-electron chi connectivity index (χ4n) is 2.60. The lowest BCUT2D eigenvalue weighted by atomic mass is 10.1. The van der Waals surface area contributed by atoms with Gasteiger partial charge in [-0.1, -0.05) is 36.9 Å². The normalized spacial score (nSPS) is 11.8. The van der Waals surface area contributed by atoms with E-state index in [0.717, 1.165) is 47.7 Å². The monoisotopic (exact) mass is 361 g/mol. The zero-order valence-electron chi connectivity index (χ0n) is 15.4. The quantitative estimate of drug-likeness (QED) is 0.548. The second kappa shape index (κ2) is 8.97. The Morgan fingerprint density at radius 1 is 1.16 bits per heavy atom. The number of benzene rings is 2. The van der Waals surface area contributed by atoms with Crippen LogP contribution in [0.4, 0.5) is 5.69 Å². The number of nitrogens with one attached hydrogen (secondary N) is 1. The molecule has 3 nitrogen and oxygen atoms in total. The number of unbranched alkanes of at least 4 members (excludes halogenated alkanes) is 1. The molecule has 4 heteroatoms. The van der Waals surface area contributed by atoms with Gasteiger partial charge in [-0.15, -0.1) is 10.3 Å². The molecule has 0 aliphatic rings. The molecule has 0 saturated carbocycles. The molecular weight excluding hydrogens is 330 g/mol. The van der Waals surface area contributed by atoms with E-state index in [0.29, 0.717) is 0 Å². The van der Waals surface area contributed by atoms with Crippen LogP contribution in [-0.2, 0) is 6.42 Å². The molecule has 0 saturated heterocycles. The third-order valence-electron chi connectivity index (χ3n) is 4.03. The van der Waals surface area contributed by atoms with Crippen molar-refractivity contribution in [2.24, 2.45) is 0 Å². The first-order valence-electron chi connectivity index (χ1n) is 8.50. The lowest BCUT2D eigenvalue weighted by Gasteiger charge is -2.22. The van der Waals surface area contributed by atoms with Crippen molar-refractivity contribution in [1.82, 2.24) is 0 Å². The van der Waals surface area contributed by atoms with E-state index < -0.39 is 10.3 Å². The zero-order valence-corrected chi connectivity index (χ0v) is 16.2. The minimum absolute atomic E-state index is 0. The number of hydrogen-bond acceptors (Lipinski definition) is 3. The van der Waals surface area contributed by atoms with Crippen LogP contribution in [0.3, 0.4) is 0 Å². The van der Waals surface area contributed by atoms with Crippen LogP contribution in [0.1, 0.15) is 25.4 Å². The molecule has 0 amide bonds. The van der Waals surface area contributed by atoms with E-state index in [1.807, 2.05) is 36.8 Å². The Balaban J connectivity index is 0.00000338. The molecular formula is C21H31NO2S. The summed E-state index contributed by atoms with van der Waals surface area (Å²) in [7, 11) is 0.302. The number of hydrogen-bond donors (Lipinski definition) is 2. The predicted molar refractivity (Wildman–Crippen MR) is 114 cm³/mol. The Kier molecular flexibility index (Phi) is 6.97. The first-order chi connectivity index (χ1) is 11.9. The highest BCUT2D eigenvalue weighted by Crippen LogP contribution is 2.34. The van der Waals surface area contributed by atoms with E-state index in [2.05, 4.69) is 36.2 Å². The van der Waals surface area contributed by atoms with Crippen LogP contribution in [0.5, 0.6) is 5.75 Å². The Bertz CT molecular complexity index is 696. The van der Waals surface area contributed by atoms with Gasteiger partial charge in [0, 0.05) is 18.9 Å². The van der Waals surface area contributed by atoms with Crippen molar-refractivity contribution >= 4 is 21.7 Å². The highest BCUT2D eigenvalue weighted by Gasteiger charge is 2.06. The smallest absolute Gasteiger partial charge is 0.120 e. The molecule has 138 valence electrons. The first kappa shape index (κ1) is 19.4. The van der Waals surface area contributed by atoms with Crippen molar-refractivity contribution < 1.29 is 10.7 Å². The van der Waals surface area contributed by atoms with Crippen LogP contribution in [0, 0.1) is 0 Å². The van der Waals surface area contributed by atoms with Gasteiger partial charge in [-0.2, -0.15) is 0 Å². The van der Waals surface area contributed by atoms with Crippen LogP contribution >= 0.6 is 10.3 Å². The first-order valence-corrected chi connectivity index (χ1v) is 11.1. The number of anilines is 1. The van der Waals surface area contributed by atoms with E-state index in [1.165, 1.54) is 5.56 Å². The number of methoxy groups -OCH3 is 1. The standard InChI is InChI=1S/C21H29NO2S.H2/c1-17(22-20-9-7-10-21(16-20)24-2)19-13-11-18(12-14-19)8-5-6-15-25(3,4)23;/h7,9-14,16,22-23H,1,5-6,8,15H2,2-4H3;1H. The van der Waals surface area contributed by atoms with E-state index >= 15 is 0 Å². The van der Waals surface area contributed by atoms with Crippen molar-refractivity contribution in [2.75, 3.05) is 30.7 Å². The van der Waals surface area contributed by atoms with Crippen LogP contribution in [0.2, 0.25) is 0 Å². The van der Waals surface area contributed by atoms with Crippen LogP contribution in [0.15, 0.2) is 55.1 Å². The predicted octanol–water partition coefficient (Wildman–Crippen LogP) is 5.88. The summed E-state index contributed by atoms with van der Waals surface area (Å²) in [6, 6.07) is 16.3. The molecule has 2 aromatic carbocycles. The maximum atomic E-state index is 9.83. The summed E-state index contributed by atoms with van der Waals surface area (Å²) in [6.45, 7) is 4.13. The van der Waals surface area contributed by atoms with Crippen LogP contribution in [0.25, 0.3) is 5.70 Å². The van der Waals surface area contributed by atoms with E-state index in [1.54, 1.807) is 7.11 Å². The Hall–Kier alpha value is -1.91. The summed E-state index contributed by atoms with van der Waals surface area (Å²) in [6.07, 6.45) is 7.13. The number of aryl methyl sites for hydroxylation is 1. The summed E-state index contributed by atoms with van der Waals surface area (Å²) >= 11 is 0. The van der Waals surface area contributed by atoms with E-state index in [-0.39, 0.29) is 1.43 Å². The van der Waals surface area contributed by atoms with Crippen molar-refractivity contribution in [3.63, 3.8) is 0 Å². The van der Waals surface area contributed by atoms with E-state index in [4.69, 9.17) is 4.74 Å². The SMILES string of the molecule is C=C(Nc1cccc(OC)c1)c1ccc(CCCCS(C)(C)O)cc1.[HH]. The molecule has 0 radical (unpaired) electrons. The molecule has 0 heterocycles. The summed E-state index contributed by atoms with van der Waals surface area (Å²) in [5, 5.41) is 3.32. The largest absolute Gasteiger partial charge is 0.497 e. The lowest BCUT2D eigenvalue weighted by Crippen LogP contribution is -2.00. The second-order valence-corrected chi connectivity index (χ2v) is 10.0. The topological polar surface area (TPSA) is 41.5 Å². The van der Waals surface area contributed by atoms with Gasteiger partial charge in [0.2, 0.25) is 0 Å². The lowest BCUT2D eigenvalue weighted by molar-refractivity contribution is 0.415. The van der Waals surface area contributed by atoms with Gasteiger partial charge in [-0.05, 0) is 60.8 Å². The highest BCUT2D eigenvalue weighted by molar-refractivity contribution is 8.28. The van der Waals surface area contributed by atoms with Crippen LogP contribution < -0.4 is 10.1 Å². The van der Waals surface area contributed by atoms with Gasteiger partial charge in [0.15, 0.2) is 0 Å². The maximum absolute atomic E-state index is 9.83. The summed E-state index contributed by atoms with van der Waals surface area (Å²) in [5.74, 6) is 1.74. The molecule has 2 N–H and O–H groups in total. The molecule has 0 bridgehead atoms. The molecule has 0 aliphatic heterocycles. The maximum Gasteiger partial charge on any atom is 0.120 e. The third-order valence-corrected chi connectivity index (χ3v) is 5.31. The molecule has 25 heavy (non-hydrogen) atoms. The Morgan fingerprint density at radius 2 is 1.88 bits per heavy atom. The van der Waals surface area contributed by atoms with Gasteiger partial charge >= 0.3 is 0 Å². The van der Waals surface area contributed by atoms with E-state index in [9.17, 15) is 4.55 Å². The van der Waals surface area contributed by atoms with Crippen LogP contribution in [-0.4, -0.2) is 29.9 Å². The molecule has 0 fully saturated rings. The Labute approximate surface area is 154 Å². The molecule has 2 rings (SSSR count). The minimum atomic E-state index is -1.36. The summed E-state index contributed by atoms with van der Waals surface area (Å²) in [4.78, 5) is 0. The van der Waals surface area contributed by atoms with Gasteiger partial charge < -0.3 is 14.6 Å².